The molecule has 17 heavy (non-hydrogen) atoms. The predicted molar refractivity (Wildman–Crippen MR) is 61.9 cm³/mol. The number of aromatic nitrogens is 1. The molecule has 0 aromatic carbocycles. The zero-order valence-corrected chi connectivity index (χ0v) is 10.1. The van der Waals surface area contributed by atoms with E-state index in [9.17, 15) is 14.4 Å². The molecule has 0 radical (unpaired) electrons. The van der Waals surface area contributed by atoms with Crippen molar-refractivity contribution in [2.24, 2.45) is 0 Å². The van der Waals surface area contributed by atoms with Crippen molar-refractivity contribution >= 4 is 17.5 Å². The molecule has 1 rings (SSSR count). The molecule has 0 unspecified atom stereocenters. The Morgan fingerprint density at radius 1 is 1.18 bits per heavy atom. The number of rotatable bonds is 4. The third-order valence-electron chi connectivity index (χ3n) is 2.07. The second-order valence-electron chi connectivity index (χ2n) is 3.91. The minimum Gasteiger partial charge on any atom is -0.343 e. The van der Waals surface area contributed by atoms with E-state index in [1.54, 1.807) is 20.2 Å². The van der Waals surface area contributed by atoms with Crippen LogP contribution in [0.15, 0.2) is 18.2 Å². The average molecular weight is 234 g/mol. The normalized spacial score (nSPS) is 9.82. The fourth-order valence-electron chi connectivity index (χ4n) is 1.25. The van der Waals surface area contributed by atoms with Crippen LogP contribution in [0, 0.1) is 0 Å². The van der Waals surface area contributed by atoms with Gasteiger partial charge in [-0.3, -0.25) is 14.4 Å². The number of nitrogens with zero attached hydrogens (tertiary/aromatic N) is 2. The topological polar surface area (TPSA) is 67.3 Å². The minimum atomic E-state index is -0.370. The molecule has 5 heteroatoms. The molecule has 0 aliphatic carbocycles. The van der Waals surface area contributed by atoms with Gasteiger partial charge >= 0.3 is 0 Å². The largest absolute Gasteiger partial charge is 0.343 e. The van der Waals surface area contributed by atoms with E-state index in [4.69, 9.17) is 0 Å². The van der Waals surface area contributed by atoms with Crippen LogP contribution in [0.4, 0.5) is 0 Å². The fourth-order valence-corrected chi connectivity index (χ4v) is 1.25. The van der Waals surface area contributed by atoms with Gasteiger partial charge in [-0.1, -0.05) is 6.07 Å². The molecular formula is C12H14N2O3. The van der Waals surface area contributed by atoms with Crippen molar-refractivity contribution in [3.8, 4) is 0 Å². The number of pyridine rings is 1. The number of amides is 1. The van der Waals surface area contributed by atoms with E-state index in [1.165, 1.54) is 24.0 Å². The van der Waals surface area contributed by atoms with E-state index >= 15 is 0 Å². The van der Waals surface area contributed by atoms with E-state index in [-0.39, 0.29) is 35.3 Å². The Bertz CT molecular complexity index is 467. The van der Waals surface area contributed by atoms with Crippen molar-refractivity contribution in [1.82, 2.24) is 9.88 Å². The van der Waals surface area contributed by atoms with E-state index in [0.29, 0.717) is 0 Å². The highest BCUT2D eigenvalue weighted by Gasteiger charge is 2.14. The highest BCUT2D eigenvalue weighted by molar-refractivity contribution is 6.06. The summed E-state index contributed by atoms with van der Waals surface area (Å²) in [5.41, 5.74) is 0.345. The van der Waals surface area contributed by atoms with E-state index < -0.39 is 0 Å². The van der Waals surface area contributed by atoms with Crippen molar-refractivity contribution in [3.05, 3.63) is 29.6 Å². The highest BCUT2D eigenvalue weighted by Crippen LogP contribution is 2.05. The van der Waals surface area contributed by atoms with Gasteiger partial charge in [-0.15, -0.1) is 0 Å². The summed E-state index contributed by atoms with van der Waals surface area (Å²) < 4.78 is 0. The Morgan fingerprint density at radius 2 is 1.76 bits per heavy atom. The lowest BCUT2D eigenvalue weighted by molar-refractivity contribution is -0.116. The van der Waals surface area contributed by atoms with Crippen LogP contribution in [-0.2, 0) is 4.79 Å². The van der Waals surface area contributed by atoms with Gasteiger partial charge in [0.05, 0.1) is 6.42 Å². The SMILES string of the molecule is CC(=O)CC(=O)c1cccc(C(=O)N(C)C)n1. The van der Waals surface area contributed by atoms with Gasteiger partial charge in [0.2, 0.25) is 0 Å². The smallest absolute Gasteiger partial charge is 0.271 e. The van der Waals surface area contributed by atoms with Gasteiger partial charge in [0.1, 0.15) is 17.2 Å². The molecule has 1 aromatic rings. The van der Waals surface area contributed by atoms with Gasteiger partial charge in [0.25, 0.3) is 5.91 Å². The van der Waals surface area contributed by atoms with Crippen molar-refractivity contribution < 1.29 is 14.4 Å². The Balaban J connectivity index is 2.97. The molecule has 0 aliphatic rings. The lowest BCUT2D eigenvalue weighted by atomic mass is 10.1. The number of carbonyl (C=O) groups is 3. The van der Waals surface area contributed by atoms with Gasteiger partial charge in [-0.05, 0) is 19.1 Å². The first-order valence-electron chi connectivity index (χ1n) is 5.13. The lowest BCUT2D eigenvalue weighted by Crippen LogP contribution is -2.23. The summed E-state index contributed by atoms with van der Waals surface area (Å²) in [5.74, 6) is -0.866. The quantitative estimate of drug-likeness (QED) is 0.574. The van der Waals surface area contributed by atoms with Gasteiger partial charge < -0.3 is 4.90 Å². The van der Waals surface area contributed by atoms with Gasteiger partial charge in [0, 0.05) is 14.1 Å². The van der Waals surface area contributed by atoms with Gasteiger partial charge in [0.15, 0.2) is 5.78 Å². The Kier molecular flexibility index (Phi) is 4.09. The zero-order chi connectivity index (χ0) is 13.0. The van der Waals surface area contributed by atoms with Crippen molar-refractivity contribution in [1.29, 1.82) is 0 Å². The number of hydrogen-bond acceptors (Lipinski definition) is 4. The summed E-state index contributed by atoms with van der Waals surface area (Å²) in [6, 6.07) is 4.61. The molecule has 0 N–H and O–H groups in total. The summed E-state index contributed by atoms with van der Waals surface area (Å²) in [6.07, 6.45) is -0.188. The summed E-state index contributed by atoms with van der Waals surface area (Å²) >= 11 is 0. The van der Waals surface area contributed by atoms with Crippen LogP contribution in [0.5, 0.6) is 0 Å². The maximum atomic E-state index is 11.6. The molecule has 0 spiro atoms. The molecule has 0 aliphatic heterocycles. The third-order valence-corrected chi connectivity index (χ3v) is 2.07. The van der Waals surface area contributed by atoms with Crippen molar-refractivity contribution in [2.45, 2.75) is 13.3 Å². The van der Waals surface area contributed by atoms with Crippen LogP contribution >= 0.6 is 0 Å². The molecule has 1 amide bonds. The third kappa shape index (κ3) is 3.48. The standard InChI is InChI=1S/C12H14N2O3/c1-8(15)7-11(16)9-5-4-6-10(13-9)12(17)14(2)3/h4-6H,7H2,1-3H3. The number of Topliss-reactive ketones (excluding diaryl/α,β-unsaturated/α-hetero) is 2. The van der Waals surface area contributed by atoms with E-state index in [2.05, 4.69) is 4.98 Å². The lowest BCUT2D eigenvalue weighted by Gasteiger charge is -2.09. The molecule has 0 saturated heterocycles. The molecule has 1 heterocycles. The summed E-state index contributed by atoms with van der Waals surface area (Å²) in [4.78, 5) is 39.4. The van der Waals surface area contributed by atoms with Gasteiger partial charge in [-0.2, -0.15) is 0 Å². The maximum absolute atomic E-state index is 11.6. The summed E-state index contributed by atoms with van der Waals surface area (Å²) in [6.45, 7) is 1.34. The maximum Gasteiger partial charge on any atom is 0.271 e. The Morgan fingerprint density at radius 3 is 2.29 bits per heavy atom. The van der Waals surface area contributed by atoms with Crippen LogP contribution < -0.4 is 0 Å². The van der Waals surface area contributed by atoms with Crippen LogP contribution in [0.25, 0.3) is 0 Å². The Hall–Kier alpha value is -2.04. The molecule has 5 nitrogen and oxygen atoms in total. The Labute approximate surface area is 99.5 Å². The first-order chi connectivity index (χ1) is 7.91. The van der Waals surface area contributed by atoms with E-state index in [1.807, 2.05) is 0 Å². The van der Waals surface area contributed by atoms with Crippen LogP contribution in [0.1, 0.15) is 34.3 Å². The predicted octanol–water partition coefficient (Wildman–Crippen LogP) is 0.945. The monoisotopic (exact) mass is 234 g/mol. The number of carbonyl (C=O) groups excluding carboxylic acids is 3. The molecule has 0 bridgehead atoms. The number of ketones is 2. The van der Waals surface area contributed by atoms with Crippen LogP contribution in [0.2, 0.25) is 0 Å². The molecule has 0 atom stereocenters. The van der Waals surface area contributed by atoms with E-state index in [0.717, 1.165) is 0 Å². The van der Waals surface area contributed by atoms with Crippen LogP contribution in [-0.4, -0.2) is 41.5 Å². The van der Waals surface area contributed by atoms with Gasteiger partial charge in [-0.25, -0.2) is 4.98 Å². The molecule has 0 fully saturated rings. The van der Waals surface area contributed by atoms with Crippen molar-refractivity contribution in [2.75, 3.05) is 14.1 Å². The second-order valence-corrected chi connectivity index (χ2v) is 3.91. The average Bonchev–Trinajstić information content (AvgIpc) is 2.27. The fraction of sp³-hybridized carbons (Fsp3) is 0.333. The molecule has 90 valence electrons. The minimum absolute atomic E-state index is 0.146. The summed E-state index contributed by atoms with van der Waals surface area (Å²) in [7, 11) is 3.21. The van der Waals surface area contributed by atoms with Crippen LogP contribution in [0.3, 0.4) is 0 Å². The molecule has 0 saturated carbocycles. The second kappa shape index (κ2) is 5.34. The first-order valence-corrected chi connectivity index (χ1v) is 5.13. The number of hydrogen-bond donors (Lipinski definition) is 0. The van der Waals surface area contributed by atoms with Crippen molar-refractivity contribution in [3.63, 3.8) is 0 Å². The zero-order valence-electron chi connectivity index (χ0n) is 10.1. The summed E-state index contributed by atoms with van der Waals surface area (Å²) in [5, 5.41) is 0. The molecular weight excluding hydrogens is 220 g/mol. The molecule has 1 aromatic heterocycles. The highest BCUT2D eigenvalue weighted by atomic mass is 16.2. The first kappa shape index (κ1) is 13.0.